The van der Waals surface area contributed by atoms with Gasteiger partial charge in [-0.2, -0.15) is 0 Å². The van der Waals surface area contributed by atoms with Crippen molar-refractivity contribution in [3.63, 3.8) is 0 Å². The molecule has 0 saturated heterocycles. The lowest BCUT2D eigenvalue weighted by Gasteiger charge is -2.22. The Morgan fingerprint density at radius 3 is 2.14 bits per heavy atom. The first kappa shape index (κ1) is 4.82. The average Bonchev–Trinajstić information content (AvgIpc) is 1.23. The minimum absolute atomic E-state index is 0.119. The van der Waals surface area contributed by atoms with Crippen molar-refractivity contribution in [3.05, 3.63) is 12.4 Å². The molecule has 0 aromatic heterocycles. The molecule has 0 unspecified atom stereocenters. The second kappa shape index (κ2) is 1.65. The standard InChI is InChI=1S/C6H9F/c1-5(7)6-3-2-4-6/h6H,1-4H2. The Hall–Kier alpha value is -0.330. The van der Waals surface area contributed by atoms with Gasteiger partial charge in [-0.15, -0.1) is 0 Å². The maximum absolute atomic E-state index is 12.0. The fourth-order valence-electron chi connectivity index (χ4n) is 0.721. The Labute approximate surface area is 43.0 Å². The van der Waals surface area contributed by atoms with Gasteiger partial charge in [0.15, 0.2) is 0 Å². The van der Waals surface area contributed by atoms with Gasteiger partial charge in [0.2, 0.25) is 0 Å². The topological polar surface area (TPSA) is 0 Å². The summed E-state index contributed by atoms with van der Waals surface area (Å²) in [4.78, 5) is 0. The van der Waals surface area contributed by atoms with E-state index in [0.29, 0.717) is 0 Å². The summed E-state index contributed by atoms with van der Waals surface area (Å²) in [7, 11) is 0. The molecule has 1 saturated carbocycles. The maximum atomic E-state index is 12.0. The van der Waals surface area contributed by atoms with Crippen molar-refractivity contribution in [3.8, 4) is 0 Å². The molecule has 0 radical (unpaired) electrons. The molecular weight excluding hydrogens is 91.1 g/mol. The summed E-state index contributed by atoms with van der Waals surface area (Å²) >= 11 is 0. The van der Waals surface area contributed by atoms with Crippen molar-refractivity contribution in [2.24, 2.45) is 5.92 Å². The number of allylic oxidation sites excluding steroid dienone is 1. The SMILES string of the molecule is C=C(F)C1CCC1. The number of halogens is 1. The third-order valence-corrected chi connectivity index (χ3v) is 1.55. The van der Waals surface area contributed by atoms with Crippen LogP contribution in [0, 0.1) is 5.92 Å². The fourth-order valence-corrected chi connectivity index (χ4v) is 0.721. The normalized spacial score (nSPS) is 21.3. The fraction of sp³-hybridized carbons (Fsp3) is 0.667. The van der Waals surface area contributed by atoms with E-state index in [1.165, 1.54) is 6.42 Å². The number of rotatable bonds is 1. The van der Waals surface area contributed by atoms with Gasteiger partial charge >= 0.3 is 0 Å². The quantitative estimate of drug-likeness (QED) is 0.474. The van der Waals surface area contributed by atoms with E-state index in [2.05, 4.69) is 6.58 Å². The largest absolute Gasteiger partial charge is 0.212 e. The van der Waals surface area contributed by atoms with Crippen LogP contribution in [0.1, 0.15) is 19.3 Å². The van der Waals surface area contributed by atoms with E-state index in [1.807, 2.05) is 0 Å². The summed E-state index contributed by atoms with van der Waals surface area (Å²) in [6.45, 7) is 3.21. The lowest BCUT2D eigenvalue weighted by Crippen LogP contribution is -2.10. The van der Waals surface area contributed by atoms with Crippen molar-refractivity contribution in [2.45, 2.75) is 19.3 Å². The van der Waals surface area contributed by atoms with E-state index in [4.69, 9.17) is 0 Å². The van der Waals surface area contributed by atoms with E-state index in [9.17, 15) is 4.39 Å². The molecule has 40 valence electrons. The van der Waals surface area contributed by atoms with Crippen LogP contribution in [-0.2, 0) is 0 Å². The second-order valence-electron chi connectivity index (χ2n) is 2.07. The zero-order valence-electron chi connectivity index (χ0n) is 4.28. The van der Waals surface area contributed by atoms with Crippen LogP contribution in [-0.4, -0.2) is 0 Å². The van der Waals surface area contributed by atoms with Gasteiger partial charge in [0.1, 0.15) is 0 Å². The summed E-state index contributed by atoms with van der Waals surface area (Å²) < 4.78 is 12.0. The molecule has 1 aliphatic carbocycles. The van der Waals surface area contributed by atoms with Gasteiger partial charge in [-0.3, -0.25) is 0 Å². The molecule has 0 aliphatic heterocycles. The maximum Gasteiger partial charge on any atom is 0.0958 e. The molecule has 7 heavy (non-hydrogen) atoms. The van der Waals surface area contributed by atoms with Crippen LogP contribution in [0.4, 0.5) is 4.39 Å². The van der Waals surface area contributed by atoms with Gasteiger partial charge in [0.05, 0.1) is 5.83 Å². The van der Waals surface area contributed by atoms with Gasteiger partial charge in [-0.25, -0.2) is 4.39 Å². The van der Waals surface area contributed by atoms with Crippen LogP contribution in [0.15, 0.2) is 12.4 Å². The third kappa shape index (κ3) is 0.817. The molecule has 0 nitrogen and oxygen atoms in total. The lowest BCUT2D eigenvalue weighted by atomic mass is 9.85. The highest BCUT2D eigenvalue weighted by molar-refractivity contribution is 4.93. The molecule has 0 aromatic carbocycles. The molecular formula is C6H9F. The smallest absolute Gasteiger partial charge is 0.0958 e. The molecule has 0 heterocycles. The predicted octanol–water partition coefficient (Wildman–Crippen LogP) is 2.27. The summed E-state index contributed by atoms with van der Waals surface area (Å²) in [5.41, 5.74) is 0. The van der Waals surface area contributed by atoms with E-state index in [0.717, 1.165) is 12.8 Å². The average molecular weight is 100 g/mol. The first-order chi connectivity index (χ1) is 3.30. The minimum atomic E-state index is -0.119. The Kier molecular flexibility index (Phi) is 1.13. The number of hydrogen-bond donors (Lipinski definition) is 0. The van der Waals surface area contributed by atoms with Crippen LogP contribution in [0.5, 0.6) is 0 Å². The highest BCUT2D eigenvalue weighted by atomic mass is 19.1. The van der Waals surface area contributed by atoms with Crippen LogP contribution < -0.4 is 0 Å². The zero-order chi connectivity index (χ0) is 5.28. The molecule has 0 aromatic rings. The summed E-state index contributed by atoms with van der Waals surface area (Å²) in [6.07, 6.45) is 3.23. The summed E-state index contributed by atoms with van der Waals surface area (Å²) in [5.74, 6) is 0.103. The van der Waals surface area contributed by atoms with Crippen molar-refractivity contribution in [1.29, 1.82) is 0 Å². The molecule has 0 amide bonds. The van der Waals surface area contributed by atoms with Crippen molar-refractivity contribution >= 4 is 0 Å². The van der Waals surface area contributed by atoms with E-state index < -0.39 is 0 Å². The molecule has 1 fully saturated rings. The van der Waals surface area contributed by atoms with Crippen LogP contribution in [0.2, 0.25) is 0 Å². The van der Waals surface area contributed by atoms with Crippen LogP contribution >= 0.6 is 0 Å². The molecule has 0 atom stereocenters. The minimum Gasteiger partial charge on any atom is -0.212 e. The monoisotopic (exact) mass is 100 g/mol. The first-order valence-corrected chi connectivity index (χ1v) is 2.65. The Morgan fingerprint density at radius 2 is 2.14 bits per heavy atom. The van der Waals surface area contributed by atoms with Gasteiger partial charge in [-0.1, -0.05) is 13.0 Å². The van der Waals surface area contributed by atoms with Gasteiger partial charge < -0.3 is 0 Å². The third-order valence-electron chi connectivity index (χ3n) is 1.55. The molecule has 0 bridgehead atoms. The van der Waals surface area contributed by atoms with Crippen molar-refractivity contribution in [2.75, 3.05) is 0 Å². The predicted molar refractivity (Wildman–Crippen MR) is 27.6 cm³/mol. The molecule has 0 spiro atoms. The highest BCUT2D eigenvalue weighted by Gasteiger charge is 2.19. The second-order valence-corrected chi connectivity index (χ2v) is 2.07. The van der Waals surface area contributed by atoms with Crippen LogP contribution in [0.25, 0.3) is 0 Å². The molecule has 1 heteroatoms. The molecule has 1 aliphatic rings. The van der Waals surface area contributed by atoms with E-state index in [1.54, 1.807) is 0 Å². The van der Waals surface area contributed by atoms with Gasteiger partial charge in [0, 0.05) is 5.92 Å². The van der Waals surface area contributed by atoms with Crippen molar-refractivity contribution < 1.29 is 4.39 Å². The summed E-state index contributed by atoms with van der Waals surface area (Å²) in [6, 6.07) is 0. The first-order valence-electron chi connectivity index (χ1n) is 2.65. The Balaban J connectivity index is 2.27. The highest BCUT2D eigenvalue weighted by Crippen LogP contribution is 2.32. The lowest BCUT2D eigenvalue weighted by molar-refractivity contribution is 0.312. The molecule has 0 N–H and O–H groups in total. The summed E-state index contributed by atoms with van der Waals surface area (Å²) in [5, 5.41) is 0. The van der Waals surface area contributed by atoms with E-state index in [-0.39, 0.29) is 11.7 Å². The van der Waals surface area contributed by atoms with Crippen LogP contribution in [0.3, 0.4) is 0 Å². The number of hydrogen-bond acceptors (Lipinski definition) is 0. The van der Waals surface area contributed by atoms with E-state index >= 15 is 0 Å². The van der Waals surface area contributed by atoms with Crippen molar-refractivity contribution in [1.82, 2.24) is 0 Å². The van der Waals surface area contributed by atoms with Gasteiger partial charge in [-0.05, 0) is 12.8 Å². The zero-order valence-corrected chi connectivity index (χ0v) is 4.28. The Bertz CT molecular complexity index is 82.2. The molecule has 1 rings (SSSR count). The Morgan fingerprint density at radius 1 is 1.57 bits per heavy atom. The van der Waals surface area contributed by atoms with Gasteiger partial charge in [0.25, 0.3) is 0 Å².